The largest absolute Gasteiger partial charge is 0.467 e. The maximum atomic E-state index is 10.8. The van der Waals surface area contributed by atoms with Gasteiger partial charge in [-0.1, -0.05) is 5.10 Å². The van der Waals surface area contributed by atoms with Crippen LogP contribution in [-0.2, 0) is 9.53 Å². The first-order chi connectivity index (χ1) is 6.56. The molecule has 8 nitrogen and oxygen atoms in total. The van der Waals surface area contributed by atoms with Crippen molar-refractivity contribution in [3.05, 3.63) is 21.9 Å². The summed E-state index contributed by atoms with van der Waals surface area (Å²) >= 11 is 0. The first-order valence-electron chi connectivity index (χ1n) is 3.52. The second-order valence-electron chi connectivity index (χ2n) is 2.36. The van der Waals surface area contributed by atoms with Crippen LogP contribution in [0.1, 0.15) is 11.8 Å². The molecule has 0 saturated carbocycles. The molecule has 0 spiro atoms. The van der Waals surface area contributed by atoms with Crippen LogP contribution in [0.15, 0.2) is 6.07 Å². The van der Waals surface area contributed by atoms with Crippen LogP contribution < -0.4 is 0 Å². The van der Waals surface area contributed by atoms with Crippen LogP contribution in [0.4, 0.5) is 5.82 Å². The van der Waals surface area contributed by atoms with E-state index in [9.17, 15) is 20.0 Å². The lowest BCUT2D eigenvalue weighted by Gasteiger charge is -2.01. The van der Waals surface area contributed by atoms with Gasteiger partial charge in [-0.2, -0.15) is 0 Å². The number of nitro groups is 1. The second kappa shape index (κ2) is 3.83. The number of aliphatic hydroxyl groups is 1. The molecular weight excluding hydrogens is 194 g/mol. The van der Waals surface area contributed by atoms with Crippen LogP contribution in [0, 0.1) is 10.1 Å². The zero-order valence-corrected chi connectivity index (χ0v) is 7.13. The van der Waals surface area contributed by atoms with Gasteiger partial charge in [-0.3, -0.25) is 0 Å². The van der Waals surface area contributed by atoms with Crippen molar-refractivity contribution in [3.63, 3.8) is 0 Å². The average Bonchev–Trinajstić information content (AvgIpc) is 2.64. The molecular formula is C6H7N3O5. The SMILES string of the molecule is COC(=O)C(O)c1cc([N+](=O)[O-])[nH]n1. The average molecular weight is 201 g/mol. The number of carbonyl (C=O) groups excluding carboxylic acids is 1. The summed E-state index contributed by atoms with van der Waals surface area (Å²) in [5, 5.41) is 24.9. The number of aliphatic hydroxyl groups excluding tert-OH is 1. The van der Waals surface area contributed by atoms with Gasteiger partial charge in [-0.25, -0.2) is 4.79 Å². The molecule has 0 aliphatic carbocycles. The molecule has 0 aromatic carbocycles. The molecule has 14 heavy (non-hydrogen) atoms. The summed E-state index contributed by atoms with van der Waals surface area (Å²) in [5.41, 5.74) is -0.149. The van der Waals surface area contributed by atoms with E-state index < -0.39 is 22.8 Å². The summed E-state index contributed by atoms with van der Waals surface area (Å²) in [6, 6.07) is 0.960. The molecule has 0 amide bonds. The number of aromatic nitrogens is 2. The lowest BCUT2D eigenvalue weighted by Crippen LogP contribution is -2.13. The minimum atomic E-state index is -1.61. The Morgan fingerprint density at radius 1 is 1.86 bits per heavy atom. The van der Waals surface area contributed by atoms with Crippen LogP contribution in [-0.4, -0.2) is 33.3 Å². The van der Waals surface area contributed by atoms with Gasteiger partial charge in [0.25, 0.3) is 0 Å². The summed E-state index contributed by atoms with van der Waals surface area (Å²) in [6.45, 7) is 0. The van der Waals surface area contributed by atoms with Gasteiger partial charge in [0.1, 0.15) is 5.69 Å². The first kappa shape index (κ1) is 10.1. The van der Waals surface area contributed by atoms with Gasteiger partial charge < -0.3 is 20.0 Å². The summed E-state index contributed by atoms with van der Waals surface area (Å²) in [7, 11) is 1.09. The maximum Gasteiger partial charge on any atom is 0.342 e. The number of nitrogens with one attached hydrogen (secondary N) is 1. The number of carbonyl (C=O) groups is 1. The normalized spacial score (nSPS) is 12.1. The Labute approximate surface area is 77.6 Å². The minimum absolute atomic E-state index is 0.149. The number of hydrogen-bond acceptors (Lipinski definition) is 6. The van der Waals surface area contributed by atoms with Gasteiger partial charge in [0.2, 0.25) is 0 Å². The molecule has 1 aromatic heterocycles. The summed E-state index contributed by atoms with van der Waals surface area (Å²) in [4.78, 5) is 20.3. The number of rotatable bonds is 3. The Bertz CT molecular complexity index is 360. The lowest BCUT2D eigenvalue weighted by atomic mass is 10.2. The van der Waals surface area contributed by atoms with Crippen molar-refractivity contribution >= 4 is 11.8 Å². The number of esters is 1. The van der Waals surface area contributed by atoms with Crippen molar-refractivity contribution in [1.82, 2.24) is 10.2 Å². The zero-order chi connectivity index (χ0) is 10.7. The Hall–Kier alpha value is -1.96. The molecule has 0 bridgehead atoms. The Kier molecular flexibility index (Phi) is 2.77. The molecule has 8 heteroatoms. The van der Waals surface area contributed by atoms with Crippen molar-refractivity contribution in [3.8, 4) is 0 Å². The van der Waals surface area contributed by atoms with Gasteiger partial charge in [-0.15, -0.1) is 5.10 Å². The highest BCUT2D eigenvalue weighted by Crippen LogP contribution is 2.16. The summed E-state index contributed by atoms with van der Waals surface area (Å²) < 4.78 is 4.22. The van der Waals surface area contributed by atoms with E-state index in [1.165, 1.54) is 0 Å². The molecule has 76 valence electrons. The van der Waals surface area contributed by atoms with Crippen molar-refractivity contribution in [2.45, 2.75) is 6.10 Å². The van der Waals surface area contributed by atoms with Crippen molar-refractivity contribution in [2.24, 2.45) is 0 Å². The molecule has 1 atom stereocenters. The van der Waals surface area contributed by atoms with E-state index >= 15 is 0 Å². The van der Waals surface area contributed by atoms with Gasteiger partial charge in [0.15, 0.2) is 6.10 Å². The predicted octanol–water partition coefficient (Wildman–Crippen LogP) is -0.476. The smallest absolute Gasteiger partial charge is 0.342 e. The summed E-state index contributed by atoms with van der Waals surface area (Å²) in [5.74, 6) is -1.32. The molecule has 0 radical (unpaired) electrons. The van der Waals surface area contributed by atoms with Crippen LogP contribution in [0.5, 0.6) is 0 Å². The fourth-order valence-electron chi connectivity index (χ4n) is 0.792. The third kappa shape index (κ3) is 1.85. The van der Waals surface area contributed by atoms with E-state index in [-0.39, 0.29) is 5.69 Å². The van der Waals surface area contributed by atoms with Crippen molar-refractivity contribution in [2.75, 3.05) is 7.11 Å². The Morgan fingerprint density at radius 2 is 2.50 bits per heavy atom. The number of methoxy groups -OCH3 is 1. The number of ether oxygens (including phenoxy) is 1. The van der Waals surface area contributed by atoms with Crippen LogP contribution >= 0.6 is 0 Å². The number of aromatic amines is 1. The zero-order valence-electron chi connectivity index (χ0n) is 7.13. The number of hydrogen-bond donors (Lipinski definition) is 2. The van der Waals surface area contributed by atoms with Gasteiger partial charge in [0.05, 0.1) is 13.2 Å². The third-order valence-electron chi connectivity index (χ3n) is 1.49. The van der Waals surface area contributed by atoms with Crippen molar-refractivity contribution < 1.29 is 19.6 Å². The van der Waals surface area contributed by atoms with E-state index in [1.54, 1.807) is 0 Å². The molecule has 0 aliphatic rings. The fourth-order valence-corrected chi connectivity index (χ4v) is 0.792. The molecule has 0 aliphatic heterocycles. The molecule has 2 N–H and O–H groups in total. The van der Waals surface area contributed by atoms with E-state index in [0.717, 1.165) is 13.2 Å². The third-order valence-corrected chi connectivity index (χ3v) is 1.49. The summed E-state index contributed by atoms with van der Waals surface area (Å²) in [6.07, 6.45) is -1.61. The monoisotopic (exact) mass is 201 g/mol. The van der Waals surface area contributed by atoms with Gasteiger partial charge >= 0.3 is 11.8 Å². The topological polar surface area (TPSA) is 118 Å². The highest BCUT2D eigenvalue weighted by molar-refractivity contribution is 5.75. The van der Waals surface area contributed by atoms with Crippen LogP contribution in [0.2, 0.25) is 0 Å². The molecule has 1 unspecified atom stereocenters. The lowest BCUT2D eigenvalue weighted by molar-refractivity contribution is -0.389. The first-order valence-corrected chi connectivity index (χ1v) is 3.52. The maximum absolute atomic E-state index is 10.8. The highest BCUT2D eigenvalue weighted by atomic mass is 16.6. The van der Waals surface area contributed by atoms with Gasteiger partial charge in [0, 0.05) is 0 Å². The van der Waals surface area contributed by atoms with E-state index in [0.29, 0.717) is 0 Å². The molecule has 1 aromatic rings. The quantitative estimate of drug-likeness (QED) is 0.387. The molecule has 1 rings (SSSR count). The standard InChI is InChI=1S/C6H7N3O5/c1-14-6(11)5(10)3-2-4(8-7-3)9(12)13/h2,5,10H,1H3,(H,7,8). The molecule has 0 saturated heterocycles. The minimum Gasteiger partial charge on any atom is -0.467 e. The molecule has 0 fully saturated rings. The second-order valence-corrected chi connectivity index (χ2v) is 2.36. The Balaban J connectivity index is 2.86. The van der Waals surface area contributed by atoms with E-state index in [4.69, 9.17) is 0 Å². The predicted molar refractivity (Wildman–Crippen MR) is 42.2 cm³/mol. The van der Waals surface area contributed by atoms with E-state index in [2.05, 4.69) is 9.84 Å². The number of H-pyrrole nitrogens is 1. The molecule has 1 heterocycles. The van der Waals surface area contributed by atoms with Crippen molar-refractivity contribution in [1.29, 1.82) is 0 Å². The van der Waals surface area contributed by atoms with Crippen LogP contribution in [0.3, 0.4) is 0 Å². The van der Waals surface area contributed by atoms with E-state index in [1.807, 2.05) is 5.10 Å². The fraction of sp³-hybridized carbons (Fsp3) is 0.333. The van der Waals surface area contributed by atoms with Gasteiger partial charge in [-0.05, 0) is 4.92 Å². The highest BCUT2D eigenvalue weighted by Gasteiger charge is 2.24. The Morgan fingerprint density at radius 3 is 2.93 bits per heavy atom. The number of nitrogens with zero attached hydrogens (tertiary/aromatic N) is 2. The van der Waals surface area contributed by atoms with Crippen LogP contribution in [0.25, 0.3) is 0 Å².